The van der Waals surface area contributed by atoms with Gasteiger partial charge in [-0.05, 0) is 56.5 Å². The van der Waals surface area contributed by atoms with Gasteiger partial charge in [-0.25, -0.2) is 0 Å². The van der Waals surface area contributed by atoms with Crippen molar-refractivity contribution in [3.63, 3.8) is 0 Å². The monoisotopic (exact) mass is 308 g/mol. The van der Waals surface area contributed by atoms with Gasteiger partial charge in [-0.1, -0.05) is 0 Å². The van der Waals surface area contributed by atoms with E-state index in [0.717, 1.165) is 11.1 Å². The van der Waals surface area contributed by atoms with Gasteiger partial charge in [-0.15, -0.1) is 0 Å². The molecule has 0 spiro atoms. The largest absolute Gasteiger partial charge is 0.481 e. The number of ether oxygens (including phenoxy) is 1. The zero-order valence-corrected chi connectivity index (χ0v) is 13.5. The Balaban J connectivity index is 2.68. The SMILES string of the molecule is Cc1c(CNCC(=O)OC(C)(C)C)cc(N)cc1CC(=O)O. The predicted molar refractivity (Wildman–Crippen MR) is 84.5 cm³/mol. The summed E-state index contributed by atoms with van der Waals surface area (Å²) in [5.41, 5.74) is 8.23. The lowest BCUT2D eigenvalue weighted by Crippen LogP contribution is -2.31. The van der Waals surface area contributed by atoms with E-state index in [1.807, 2.05) is 27.7 Å². The van der Waals surface area contributed by atoms with Gasteiger partial charge in [-0.3, -0.25) is 9.59 Å². The van der Waals surface area contributed by atoms with Crippen molar-refractivity contribution < 1.29 is 19.4 Å². The molecule has 0 radical (unpaired) electrons. The fourth-order valence-corrected chi connectivity index (χ4v) is 2.07. The highest BCUT2D eigenvalue weighted by atomic mass is 16.6. The molecule has 0 atom stereocenters. The number of esters is 1. The first-order valence-corrected chi connectivity index (χ1v) is 7.10. The van der Waals surface area contributed by atoms with Crippen LogP contribution in [0, 0.1) is 6.92 Å². The van der Waals surface area contributed by atoms with E-state index in [9.17, 15) is 9.59 Å². The predicted octanol–water partition coefficient (Wildman–Crippen LogP) is 1.64. The number of carbonyl (C=O) groups excluding carboxylic acids is 1. The van der Waals surface area contributed by atoms with Crippen molar-refractivity contribution in [3.8, 4) is 0 Å². The molecule has 0 fully saturated rings. The molecule has 1 aromatic carbocycles. The minimum Gasteiger partial charge on any atom is -0.481 e. The summed E-state index contributed by atoms with van der Waals surface area (Å²) in [6.45, 7) is 7.78. The molecule has 0 bridgehead atoms. The first-order chi connectivity index (χ1) is 10.1. The third-order valence-electron chi connectivity index (χ3n) is 2.99. The van der Waals surface area contributed by atoms with Crippen molar-refractivity contribution >= 4 is 17.6 Å². The number of benzene rings is 1. The van der Waals surface area contributed by atoms with Gasteiger partial charge >= 0.3 is 11.9 Å². The first kappa shape index (κ1) is 18.0. The van der Waals surface area contributed by atoms with Crippen LogP contribution in [0.2, 0.25) is 0 Å². The summed E-state index contributed by atoms with van der Waals surface area (Å²) >= 11 is 0. The van der Waals surface area contributed by atoms with Gasteiger partial charge in [-0.2, -0.15) is 0 Å². The maximum Gasteiger partial charge on any atom is 0.320 e. The number of carboxylic acid groups (broad SMARTS) is 1. The van der Waals surface area contributed by atoms with Crippen LogP contribution in [0.1, 0.15) is 37.5 Å². The smallest absolute Gasteiger partial charge is 0.320 e. The molecule has 22 heavy (non-hydrogen) atoms. The van der Waals surface area contributed by atoms with Crippen molar-refractivity contribution in [2.24, 2.45) is 0 Å². The Bertz CT molecular complexity index is 562. The second-order valence-electron chi connectivity index (χ2n) is 6.22. The second-order valence-corrected chi connectivity index (χ2v) is 6.22. The number of aliphatic carboxylic acids is 1. The fraction of sp³-hybridized carbons (Fsp3) is 0.500. The van der Waals surface area contributed by atoms with E-state index in [1.165, 1.54) is 0 Å². The average molecular weight is 308 g/mol. The van der Waals surface area contributed by atoms with Gasteiger partial charge in [0.15, 0.2) is 0 Å². The van der Waals surface area contributed by atoms with Gasteiger partial charge in [0.25, 0.3) is 0 Å². The highest BCUT2D eigenvalue weighted by Gasteiger charge is 2.16. The summed E-state index contributed by atoms with van der Waals surface area (Å²) in [5, 5.41) is 11.9. The molecule has 0 aromatic heterocycles. The molecule has 0 amide bonds. The van der Waals surface area contributed by atoms with Gasteiger partial charge in [0.05, 0.1) is 13.0 Å². The molecular formula is C16H24N2O4. The van der Waals surface area contributed by atoms with E-state index in [2.05, 4.69) is 5.32 Å². The molecular weight excluding hydrogens is 284 g/mol. The van der Waals surface area contributed by atoms with Crippen LogP contribution in [0.25, 0.3) is 0 Å². The topological polar surface area (TPSA) is 102 Å². The number of hydrogen-bond donors (Lipinski definition) is 3. The quantitative estimate of drug-likeness (QED) is 0.545. The Labute approximate surface area is 130 Å². The van der Waals surface area contributed by atoms with E-state index in [0.29, 0.717) is 17.8 Å². The molecule has 1 aromatic rings. The summed E-state index contributed by atoms with van der Waals surface area (Å²) in [5.74, 6) is -1.24. The van der Waals surface area contributed by atoms with Gasteiger partial charge in [0, 0.05) is 12.2 Å². The fourth-order valence-electron chi connectivity index (χ4n) is 2.07. The van der Waals surface area contributed by atoms with Crippen LogP contribution in [0.3, 0.4) is 0 Å². The Morgan fingerprint density at radius 2 is 1.86 bits per heavy atom. The lowest BCUT2D eigenvalue weighted by molar-refractivity contribution is -0.153. The summed E-state index contributed by atoms with van der Waals surface area (Å²) in [6.07, 6.45) is -0.0735. The Kier molecular flexibility index (Phi) is 5.93. The van der Waals surface area contributed by atoms with Crippen molar-refractivity contribution in [2.75, 3.05) is 12.3 Å². The maximum atomic E-state index is 11.6. The molecule has 0 heterocycles. The van der Waals surface area contributed by atoms with Gasteiger partial charge in [0.2, 0.25) is 0 Å². The normalized spacial score (nSPS) is 11.3. The summed E-state index contributed by atoms with van der Waals surface area (Å²) in [4.78, 5) is 22.5. The number of carboxylic acids is 1. The number of nitrogen functional groups attached to an aromatic ring is 1. The molecule has 1 rings (SSSR count). The summed E-state index contributed by atoms with van der Waals surface area (Å²) < 4.78 is 5.20. The minimum atomic E-state index is -0.902. The van der Waals surface area contributed by atoms with Gasteiger partial charge < -0.3 is 20.9 Å². The Hall–Kier alpha value is -2.08. The summed E-state index contributed by atoms with van der Waals surface area (Å²) in [6, 6.07) is 3.45. The molecule has 0 saturated heterocycles. The molecule has 122 valence electrons. The Morgan fingerprint density at radius 1 is 1.27 bits per heavy atom. The number of nitrogens with one attached hydrogen (secondary N) is 1. The zero-order valence-electron chi connectivity index (χ0n) is 13.5. The van der Waals surface area contributed by atoms with E-state index in [4.69, 9.17) is 15.6 Å². The average Bonchev–Trinajstić information content (AvgIpc) is 2.31. The van der Waals surface area contributed by atoms with Crippen LogP contribution >= 0.6 is 0 Å². The van der Waals surface area contributed by atoms with Crippen LogP contribution in [0.5, 0.6) is 0 Å². The van der Waals surface area contributed by atoms with E-state index in [1.54, 1.807) is 12.1 Å². The van der Waals surface area contributed by atoms with Crippen LogP contribution in [0.4, 0.5) is 5.69 Å². The summed E-state index contributed by atoms with van der Waals surface area (Å²) in [7, 11) is 0. The molecule has 4 N–H and O–H groups in total. The van der Waals surface area contributed by atoms with Crippen LogP contribution in [-0.4, -0.2) is 29.2 Å². The zero-order chi connectivity index (χ0) is 16.9. The van der Waals surface area contributed by atoms with E-state index in [-0.39, 0.29) is 18.9 Å². The lowest BCUT2D eigenvalue weighted by Gasteiger charge is -2.19. The van der Waals surface area contributed by atoms with Crippen LogP contribution < -0.4 is 11.1 Å². The number of nitrogens with two attached hydrogens (primary N) is 1. The van der Waals surface area contributed by atoms with E-state index >= 15 is 0 Å². The van der Waals surface area contributed by atoms with Crippen molar-refractivity contribution in [1.82, 2.24) is 5.32 Å². The first-order valence-electron chi connectivity index (χ1n) is 7.10. The van der Waals surface area contributed by atoms with Crippen molar-refractivity contribution in [1.29, 1.82) is 0 Å². The minimum absolute atomic E-state index is 0.0735. The molecule has 0 aliphatic heterocycles. The number of rotatable bonds is 6. The van der Waals surface area contributed by atoms with Crippen molar-refractivity contribution in [2.45, 2.75) is 46.3 Å². The van der Waals surface area contributed by atoms with Gasteiger partial charge in [0.1, 0.15) is 5.60 Å². The maximum absolute atomic E-state index is 11.6. The van der Waals surface area contributed by atoms with Crippen LogP contribution in [0.15, 0.2) is 12.1 Å². The third kappa shape index (κ3) is 6.13. The number of carbonyl (C=O) groups is 2. The lowest BCUT2D eigenvalue weighted by atomic mass is 9.99. The molecule has 0 aliphatic carbocycles. The molecule has 0 saturated carbocycles. The third-order valence-corrected chi connectivity index (χ3v) is 2.99. The molecule has 0 unspecified atom stereocenters. The number of hydrogen-bond acceptors (Lipinski definition) is 5. The highest BCUT2D eigenvalue weighted by Crippen LogP contribution is 2.19. The van der Waals surface area contributed by atoms with E-state index < -0.39 is 11.6 Å². The van der Waals surface area contributed by atoms with Crippen LogP contribution in [-0.2, 0) is 27.3 Å². The molecule has 6 heteroatoms. The highest BCUT2D eigenvalue weighted by molar-refractivity contribution is 5.72. The van der Waals surface area contributed by atoms with Crippen molar-refractivity contribution in [3.05, 3.63) is 28.8 Å². The Morgan fingerprint density at radius 3 is 2.41 bits per heavy atom. The number of anilines is 1. The molecule has 6 nitrogen and oxygen atoms in total. The standard InChI is InChI=1S/C16H24N2O4/c1-10-11(7-14(19)20)5-13(17)6-12(10)8-18-9-15(21)22-16(2,3)4/h5-6,18H,7-9,17H2,1-4H3,(H,19,20). The second kappa shape index (κ2) is 7.26. The molecule has 0 aliphatic rings.